The molecule has 0 spiro atoms. The van der Waals surface area contributed by atoms with Crippen molar-refractivity contribution >= 4 is 10.9 Å². The number of hydrogen-bond acceptors (Lipinski definition) is 5. The van der Waals surface area contributed by atoms with Gasteiger partial charge in [-0.3, -0.25) is 4.68 Å². The van der Waals surface area contributed by atoms with Gasteiger partial charge in [0.25, 0.3) is 5.89 Å². The highest BCUT2D eigenvalue weighted by Gasteiger charge is 2.64. The molecular formula is C21H25N5O. The van der Waals surface area contributed by atoms with Crippen LogP contribution in [0, 0.1) is 11.8 Å². The molecule has 6 heteroatoms. The number of nitrogens with zero attached hydrogens (tertiary/aromatic N) is 4. The largest absolute Gasteiger partial charge is 0.417 e. The van der Waals surface area contributed by atoms with Gasteiger partial charge in [-0.15, -0.1) is 10.2 Å². The Morgan fingerprint density at radius 2 is 2.11 bits per heavy atom. The lowest BCUT2D eigenvalue weighted by molar-refractivity contribution is 0.369. The molecule has 3 fully saturated rings. The Morgan fingerprint density at radius 1 is 1.26 bits per heavy atom. The molecule has 1 saturated heterocycles. The molecule has 3 aliphatic rings. The van der Waals surface area contributed by atoms with Gasteiger partial charge in [-0.1, -0.05) is 31.0 Å². The van der Waals surface area contributed by atoms with E-state index < -0.39 is 0 Å². The molecule has 6 nitrogen and oxygen atoms in total. The van der Waals surface area contributed by atoms with E-state index in [2.05, 4.69) is 41.5 Å². The number of aromatic nitrogens is 4. The summed E-state index contributed by atoms with van der Waals surface area (Å²) in [6, 6.07) is 9.15. The standard InChI is InChI=1S/C21H25N5O/c1-12(2)26-17-6-4-3-5-16(17)18(25-26)19-23-24-20(27-19)21-11-14(21)10-15(22-21)9-13-7-8-13/h3-6,12-15,22H,7-11H2,1-2H3. The zero-order valence-corrected chi connectivity index (χ0v) is 15.9. The van der Waals surface area contributed by atoms with E-state index in [1.807, 2.05) is 16.8 Å². The van der Waals surface area contributed by atoms with E-state index in [1.54, 1.807) is 0 Å². The van der Waals surface area contributed by atoms with E-state index in [-0.39, 0.29) is 11.6 Å². The Bertz CT molecular complexity index is 1020. The fraction of sp³-hybridized carbons (Fsp3) is 0.571. The summed E-state index contributed by atoms with van der Waals surface area (Å²) in [5, 5.41) is 18.5. The number of hydrogen-bond donors (Lipinski definition) is 1. The summed E-state index contributed by atoms with van der Waals surface area (Å²) in [6.45, 7) is 4.28. The predicted molar refractivity (Wildman–Crippen MR) is 102 cm³/mol. The van der Waals surface area contributed by atoms with Crippen molar-refractivity contribution < 1.29 is 4.42 Å². The lowest BCUT2D eigenvalue weighted by Gasteiger charge is -2.16. The molecule has 27 heavy (non-hydrogen) atoms. The average molecular weight is 363 g/mol. The molecule has 0 amide bonds. The van der Waals surface area contributed by atoms with Crippen molar-refractivity contribution in [3.63, 3.8) is 0 Å². The Balaban J connectivity index is 1.34. The van der Waals surface area contributed by atoms with Crippen LogP contribution in [0.25, 0.3) is 22.5 Å². The van der Waals surface area contributed by atoms with Gasteiger partial charge in [0.2, 0.25) is 5.89 Å². The maximum Gasteiger partial charge on any atom is 0.268 e. The Hall–Kier alpha value is -2.21. The highest BCUT2D eigenvalue weighted by molar-refractivity contribution is 5.91. The van der Waals surface area contributed by atoms with Gasteiger partial charge in [-0.2, -0.15) is 5.10 Å². The Kier molecular flexibility index (Phi) is 3.17. The quantitative estimate of drug-likeness (QED) is 0.741. The minimum Gasteiger partial charge on any atom is -0.417 e. The summed E-state index contributed by atoms with van der Waals surface area (Å²) < 4.78 is 8.24. The number of fused-ring (bicyclic) bond motifs is 2. The topological polar surface area (TPSA) is 68.8 Å². The van der Waals surface area contributed by atoms with Crippen LogP contribution in [0.4, 0.5) is 0 Å². The minimum absolute atomic E-state index is 0.0682. The third kappa shape index (κ3) is 2.39. The van der Waals surface area contributed by atoms with Crippen molar-refractivity contribution in [2.24, 2.45) is 11.8 Å². The van der Waals surface area contributed by atoms with E-state index in [1.165, 1.54) is 25.7 Å². The summed E-state index contributed by atoms with van der Waals surface area (Å²) in [7, 11) is 0. The summed E-state index contributed by atoms with van der Waals surface area (Å²) in [6.07, 6.45) is 6.50. The molecule has 0 bridgehead atoms. The second-order valence-electron chi connectivity index (χ2n) is 8.94. The summed E-state index contributed by atoms with van der Waals surface area (Å²) in [4.78, 5) is 0. The van der Waals surface area contributed by atoms with Crippen molar-refractivity contribution in [2.45, 2.75) is 63.6 Å². The molecular weight excluding hydrogens is 338 g/mol. The zero-order chi connectivity index (χ0) is 18.2. The van der Waals surface area contributed by atoms with E-state index >= 15 is 0 Å². The van der Waals surface area contributed by atoms with Crippen LogP contribution in [-0.4, -0.2) is 26.0 Å². The number of nitrogens with one attached hydrogen (secondary N) is 1. The van der Waals surface area contributed by atoms with Gasteiger partial charge in [0.1, 0.15) is 5.54 Å². The molecule has 0 radical (unpaired) electrons. The van der Waals surface area contributed by atoms with Gasteiger partial charge in [0.05, 0.1) is 5.52 Å². The van der Waals surface area contributed by atoms with Gasteiger partial charge >= 0.3 is 0 Å². The number of piperidine rings is 1. The number of benzene rings is 1. The fourth-order valence-corrected chi connectivity index (χ4v) is 4.93. The van der Waals surface area contributed by atoms with Crippen LogP contribution in [0.1, 0.15) is 57.9 Å². The van der Waals surface area contributed by atoms with E-state index in [4.69, 9.17) is 9.52 Å². The lowest BCUT2D eigenvalue weighted by atomic mass is 10.1. The third-order valence-electron chi connectivity index (χ3n) is 6.56. The zero-order valence-electron chi connectivity index (χ0n) is 15.9. The first-order valence-corrected chi connectivity index (χ1v) is 10.2. The molecule has 2 saturated carbocycles. The van der Waals surface area contributed by atoms with Crippen LogP contribution in [0.3, 0.4) is 0 Å². The van der Waals surface area contributed by atoms with Gasteiger partial charge in [0.15, 0.2) is 5.69 Å². The molecule has 140 valence electrons. The van der Waals surface area contributed by atoms with E-state index in [0.29, 0.717) is 17.9 Å². The fourth-order valence-electron chi connectivity index (χ4n) is 4.93. The SMILES string of the molecule is CC(C)n1nc(-c2nnc(C34CC3CC(CC3CC3)N4)o2)c2ccccc21. The van der Waals surface area contributed by atoms with Crippen molar-refractivity contribution in [1.82, 2.24) is 25.3 Å². The number of para-hydroxylation sites is 1. The molecule has 3 heterocycles. The van der Waals surface area contributed by atoms with Crippen LogP contribution in [0.15, 0.2) is 28.7 Å². The Morgan fingerprint density at radius 3 is 2.93 bits per heavy atom. The second kappa shape index (κ2) is 5.41. The van der Waals surface area contributed by atoms with E-state index in [0.717, 1.165) is 34.8 Å². The number of rotatable bonds is 5. The first-order valence-electron chi connectivity index (χ1n) is 10.2. The summed E-state index contributed by atoms with van der Waals surface area (Å²) in [5.74, 6) is 2.89. The first-order chi connectivity index (χ1) is 13.1. The van der Waals surface area contributed by atoms with Crippen molar-refractivity contribution in [3.05, 3.63) is 30.2 Å². The van der Waals surface area contributed by atoms with Gasteiger partial charge in [-0.25, -0.2) is 0 Å². The smallest absolute Gasteiger partial charge is 0.268 e. The van der Waals surface area contributed by atoms with Crippen LogP contribution >= 0.6 is 0 Å². The molecule has 3 atom stereocenters. The minimum atomic E-state index is -0.0682. The predicted octanol–water partition coefficient (Wildman–Crippen LogP) is 4.04. The van der Waals surface area contributed by atoms with Crippen molar-refractivity contribution in [2.75, 3.05) is 0 Å². The molecule has 2 aromatic heterocycles. The van der Waals surface area contributed by atoms with Gasteiger partial charge < -0.3 is 9.73 Å². The molecule has 1 N–H and O–H groups in total. The van der Waals surface area contributed by atoms with E-state index in [9.17, 15) is 0 Å². The van der Waals surface area contributed by atoms with Crippen LogP contribution in [0.5, 0.6) is 0 Å². The third-order valence-corrected chi connectivity index (χ3v) is 6.56. The molecule has 6 rings (SSSR count). The van der Waals surface area contributed by atoms with Gasteiger partial charge in [0, 0.05) is 17.5 Å². The molecule has 2 aliphatic carbocycles. The lowest BCUT2D eigenvalue weighted by Crippen LogP contribution is -2.33. The van der Waals surface area contributed by atoms with Crippen LogP contribution in [0.2, 0.25) is 0 Å². The normalized spacial score (nSPS) is 29.6. The van der Waals surface area contributed by atoms with Crippen LogP contribution < -0.4 is 5.32 Å². The second-order valence-corrected chi connectivity index (χ2v) is 8.94. The highest BCUT2D eigenvalue weighted by atomic mass is 16.4. The molecule has 1 aromatic carbocycles. The monoisotopic (exact) mass is 363 g/mol. The maximum absolute atomic E-state index is 6.21. The summed E-state index contributed by atoms with van der Waals surface area (Å²) >= 11 is 0. The summed E-state index contributed by atoms with van der Waals surface area (Å²) in [5.41, 5.74) is 1.83. The van der Waals surface area contributed by atoms with Crippen molar-refractivity contribution in [3.8, 4) is 11.6 Å². The average Bonchev–Trinajstić information content (AvgIpc) is 3.42. The van der Waals surface area contributed by atoms with Crippen molar-refractivity contribution in [1.29, 1.82) is 0 Å². The van der Waals surface area contributed by atoms with Gasteiger partial charge in [-0.05, 0) is 51.0 Å². The highest BCUT2D eigenvalue weighted by Crippen LogP contribution is 2.59. The molecule has 1 aliphatic heterocycles. The molecule has 3 aromatic rings. The maximum atomic E-state index is 6.21. The first kappa shape index (κ1) is 15.8. The van der Waals surface area contributed by atoms with Crippen LogP contribution in [-0.2, 0) is 5.54 Å². The Labute approximate surface area is 158 Å². The molecule has 3 unspecified atom stereocenters.